The summed E-state index contributed by atoms with van der Waals surface area (Å²) < 4.78 is 29.4. The van der Waals surface area contributed by atoms with Crippen LogP contribution in [0.4, 0.5) is 8.78 Å². The Morgan fingerprint density at radius 1 is 1.83 bits per heavy atom. The van der Waals surface area contributed by atoms with Crippen LogP contribution < -0.4 is 0 Å². The third-order valence-electron chi connectivity index (χ3n) is 1.74. The zero-order chi connectivity index (χ0) is 9.35. The molecule has 1 aliphatic rings. The van der Waals surface area contributed by atoms with E-state index in [1.165, 1.54) is 0 Å². The number of alkyl halides is 3. The van der Waals surface area contributed by atoms with E-state index in [9.17, 15) is 13.6 Å². The highest BCUT2D eigenvalue weighted by Crippen LogP contribution is 2.52. The molecule has 0 radical (unpaired) electrons. The van der Waals surface area contributed by atoms with Crippen molar-refractivity contribution in [1.29, 1.82) is 0 Å². The molecular formula is C7H9BrF2O2. The SMILES string of the molecule is CCOC(=O)C(Br)C1CC1(F)F. The lowest BCUT2D eigenvalue weighted by Gasteiger charge is -2.06. The van der Waals surface area contributed by atoms with Crippen LogP contribution in [-0.2, 0) is 9.53 Å². The highest BCUT2D eigenvalue weighted by molar-refractivity contribution is 9.10. The van der Waals surface area contributed by atoms with Gasteiger partial charge in [-0.2, -0.15) is 0 Å². The molecule has 1 fully saturated rings. The quantitative estimate of drug-likeness (QED) is 0.559. The van der Waals surface area contributed by atoms with Gasteiger partial charge in [0.15, 0.2) is 0 Å². The molecule has 0 bridgehead atoms. The molecule has 1 aliphatic carbocycles. The zero-order valence-electron chi connectivity index (χ0n) is 6.52. The standard InChI is InChI=1S/C7H9BrF2O2/c1-2-12-6(11)5(8)4-3-7(4,9)10/h4-5H,2-3H2,1H3. The third kappa shape index (κ3) is 1.94. The molecule has 0 aliphatic heterocycles. The number of hydrogen-bond acceptors (Lipinski definition) is 2. The van der Waals surface area contributed by atoms with Crippen molar-refractivity contribution < 1.29 is 18.3 Å². The number of esters is 1. The van der Waals surface area contributed by atoms with E-state index in [0.29, 0.717) is 0 Å². The van der Waals surface area contributed by atoms with Gasteiger partial charge in [-0.3, -0.25) is 4.79 Å². The van der Waals surface area contributed by atoms with Crippen molar-refractivity contribution in [3.63, 3.8) is 0 Å². The molecule has 2 unspecified atom stereocenters. The van der Waals surface area contributed by atoms with Gasteiger partial charge < -0.3 is 4.74 Å². The fourth-order valence-corrected chi connectivity index (χ4v) is 1.64. The maximum absolute atomic E-state index is 12.4. The second kappa shape index (κ2) is 3.28. The van der Waals surface area contributed by atoms with E-state index in [-0.39, 0.29) is 13.0 Å². The lowest BCUT2D eigenvalue weighted by atomic mass is 10.3. The first kappa shape index (κ1) is 9.89. The Morgan fingerprint density at radius 2 is 2.33 bits per heavy atom. The number of halogens is 3. The normalized spacial score (nSPS) is 27.8. The maximum atomic E-state index is 12.4. The molecule has 0 N–H and O–H groups in total. The van der Waals surface area contributed by atoms with E-state index < -0.39 is 22.6 Å². The maximum Gasteiger partial charge on any atom is 0.320 e. The molecule has 1 rings (SSSR count). The lowest BCUT2D eigenvalue weighted by molar-refractivity contribution is -0.143. The van der Waals surface area contributed by atoms with Gasteiger partial charge in [0.05, 0.1) is 12.5 Å². The van der Waals surface area contributed by atoms with E-state index in [2.05, 4.69) is 20.7 Å². The number of hydrogen-bond donors (Lipinski definition) is 0. The van der Waals surface area contributed by atoms with Gasteiger partial charge in [-0.05, 0) is 6.92 Å². The van der Waals surface area contributed by atoms with Crippen molar-refractivity contribution in [2.75, 3.05) is 6.61 Å². The molecule has 0 saturated heterocycles. The van der Waals surface area contributed by atoms with Crippen LogP contribution in [0.2, 0.25) is 0 Å². The minimum Gasteiger partial charge on any atom is -0.465 e. The fraction of sp³-hybridized carbons (Fsp3) is 0.857. The highest BCUT2D eigenvalue weighted by atomic mass is 79.9. The van der Waals surface area contributed by atoms with Gasteiger partial charge >= 0.3 is 5.97 Å². The zero-order valence-corrected chi connectivity index (χ0v) is 8.11. The van der Waals surface area contributed by atoms with Crippen LogP contribution in [-0.4, -0.2) is 23.3 Å². The molecule has 2 nitrogen and oxygen atoms in total. The second-order valence-corrected chi connectivity index (χ2v) is 3.71. The Morgan fingerprint density at radius 3 is 2.67 bits per heavy atom. The summed E-state index contributed by atoms with van der Waals surface area (Å²) in [5.74, 6) is -4.16. The van der Waals surface area contributed by atoms with E-state index in [1.54, 1.807) is 6.92 Å². The van der Waals surface area contributed by atoms with Crippen LogP contribution in [0, 0.1) is 5.92 Å². The van der Waals surface area contributed by atoms with Crippen LogP contribution >= 0.6 is 15.9 Å². The summed E-state index contributed by atoms with van der Waals surface area (Å²) in [5, 5.41) is 0. The highest BCUT2D eigenvalue weighted by Gasteiger charge is 2.61. The Balaban J connectivity index is 2.39. The fourth-order valence-electron chi connectivity index (χ4n) is 0.938. The number of rotatable bonds is 3. The van der Waals surface area contributed by atoms with Crippen LogP contribution in [0.1, 0.15) is 13.3 Å². The van der Waals surface area contributed by atoms with Crippen LogP contribution in [0.25, 0.3) is 0 Å². The van der Waals surface area contributed by atoms with E-state index in [4.69, 9.17) is 0 Å². The largest absolute Gasteiger partial charge is 0.465 e. The minimum absolute atomic E-state index is 0.221. The lowest BCUT2D eigenvalue weighted by Crippen LogP contribution is -2.21. The van der Waals surface area contributed by atoms with Crippen molar-refractivity contribution >= 4 is 21.9 Å². The summed E-state index contributed by atoms with van der Waals surface area (Å²) in [5.41, 5.74) is 0. The average Bonchev–Trinajstić information content (AvgIpc) is 2.59. The molecule has 70 valence electrons. The third-order valence-corrected chi connectivity index (χ3v) is 2.75. The monoisotopic (exact) mass is 242 g/mol. The molecular weight excluding hydrogens is 234 g/mol. The topological polar surface area (TPSA) is 26.3 Å². The van der Waals surface area contributed by atoms with Gasteiger partial charge in [-0.1, -0.05) is 15.9 Å². The molecule has 0 amide bonds. The van der Waals surface area contributed by atoms with Gasteiger partial charge in [-0.15, -0.1) is 0 Å². The Bertz CT molecular complexity index is 196. The molecule has 0 aromatic heterocycles. The Hall–Kier alpha value is -0.190. The molecule has 1 saturated carbocycles. The van der Waals surface area contributed by atoms with Crippen LogP contribution in [0.5, 0.6) is 0 Å². The molecule has 5 heteroatoms. The molecule has 2 atom stereocenters. The van der Waals surface area contributed by atoms with Crippen LogP contribution in [0.15, 0.2) is 0 Å². The summed E-state index contributed by atoms with van der Waals surface area (Å²) in [4.78, 5) is 10.1. The van der Waals surface area contributed by atoms with Gasteiger partial charge in [0.25, 0.3) is 5.92 Å². The first-order chi connectivity index (χ1) is 5.49. The van der Waals surface area contributed by atoms with E-state index >= 15 is 0 Å². The Labute approximate surface area is 77.4 Å². The second-order valence-electron chi connectivity index (χ2n) is 2.73. The van der Waals surface area contributed by atoms with Crippen molar-refractivity contribution in [2.45, 2.75) is 24.1 Å². The Kier molecular flexibility index (Phi) is 2.70. The van der Waals surface area contributed by atoms with Gasteiger partial charge in [0.1, 0.15) is 4.83 Å². The number of carbonyl (C=O) groups is 1. The summed E-state index contributed by atoms with van der Waals surface area (Å²) in [7, 11) is 0. The molecule has 0 aromatic carbocycles. The van der Waals surface area contributed by atoms with Crippen molar-refractivity contribution in [3.8, 4) is 0 Å². The predicted molar refractivity (Wildman–Crippen MR) is 42.4 cm³/mol. The summed E-state index contributed by atoms with van der Waals surface area (Å²) in [6.07, 6.45) is -0.221. The average molecular weight is 243 g/mol. The number of ether oxygens (including phenoxy) is 1. The first-order valence-corrected chi connectivity index (χ1v) is 4.59. The van der Waals surface area contributed by atoms with E-state index in [0.717, 1.165) is 0 Å². The first-order valence-electron chi connectivity index (χ1n) is 3.67. The van der Waals surface area contributed by atoms with Gasteiger partial charge in [0.2, 0.25) is 0 Å². The smallest absolute Gasteiger partial charge is 0.320 e. The number of carbonyl (C=O) groups excluding carboxylic acids is 1. The van der Waals surface area contributed by atoms with Gasteiger partial charge in [0, 0.05) is 6.42 Å². The molecule has 0 aromatic rings. The van der Waals surface area contributed by atoms with Crippen molar-refractivity contribution in [2.24, 2.45) is 5.92 Å². The summed E-state index contributed by atoms with van der Waals surface area (Å²) in [6.45, 7) is 1.86. The van der Waals surface area contributed by atoms with Crippen molar-refractivity contribution in [1.82, 2.24) is 0 Å². The molecule has 0 heterocycles. The van der Waals surface area contributed by atoms with Crippen LogP contribution in [0.3, 0.4) is 0 Å². The summed E-state index contributed by atoms with van der Waals surface area (Å²) in [6, 6.07) is 0. The molecule has 0 spiro atoms. The van der Waals surface area contributed by atoms with E-state index in [1.807, 2.05) is 0 Å². The van der Waals surface area contributed by atoms with Crippen molar-refractivity contribution in [3.05, 3.63) is 0 Å². The van der Waals surface area contributed by atoms with Gasteiger partial charge in [-0.25, -0.2) is 8.78 Å². The molecule has 12 heavy (non-hydrogen) atoms. The summed E-state index contributed by atoms with van der Waals surface area (Å²) >= 11 is 2.89. The minimum atomic E-state index is -2.68. The predicted octanol–water partition coefficient (Wildman–Crippen LogP) is 1.97.